The highest BCUT2D eigenvalue weighted by molar-refractivity contribution is 5.88. The molecule has 0 bridgehead atoms. The van der Waals surface area contributed by atoms with Crippen LogP contribution < -0.4 is 0 Å². The van der Waals surface area contributed by atoms with Crippen molar-refractivity contribution >= 4 is 5.97 Å². The van der Waals surface area contributed by atoms with Crippen molar-refractivity contribution in [2.75, 3.05) is 7.11 Å². The van der Waals surface area contributed by atoms with Gasteiger partial charge in [-0.05, 0) is 71.6 Å². The predicted octanol–water partition coefficient (Wildman–Crippen LogP) is 5.13. The summed E-state index contributed by atoms with van der Waals surface area (Å²) in [6, 6.07) is 0. The van der Waals surface area contributed by atoms with Crippen LogP contribution in [-0.4, -0.2) is 24.8 Å². The standard InChI is InChI=1S/C21H32O3/c1-15-8-6-9-16(2)11-12-18(17(3)20(22)23-5)14-19-21(4,24-19)13-7-10-15/h9-10,18-19H,3,6-8,11-14H2,1-2,4-5H3/b15-10+,16-9+/t18?,19-,21+/m0/s1. The van der Waals surface area contributed by atoms with Gasteiger partial charge in [-0.25, -0.2) is 4.79 Å². The summed E-state index contributed by atoms with van der Waals surface area (Å²) in [5, 5.41) is 0. The first-order valence-electron chi connectivity index (χ1n) is 9.12. The average molecular weight is 332 g/mol. The van der Waals surface area contributed by atoms with Gasteiger partial charge in [0.1, 0.15) is 0 Å². The van der Waals surface area contributed by atoms with E-state index in [1.807, 2.05) is 0 Å². The van der Waals surface area contributed by atoms with Gasteiger partial charge in [0.05, 0.1) is 18.8 Å². The molecule has 1 aliphatic heterocycles. The molecule has 0 aromatic rings. The Bertz CT molecular complexity index is 543. The zero-order valence-corrected chi connectivity index (χ0v) is 15.7. The fourth-order valence-electron chi connectivity index (χ4n) is 3.56. The van der Waals surface area contributed by atoms with E-state index in [1.54, 1.807) is 0 Å². The zero-order chi connectivity index (χ0) is 17.7. The van der Waals surface area contributed by atoms with Crippen LogP contribution in [0.3, 0.4) is 0 Å². The molecule has 0 aromatic heterocycles. The monoisotopic (exact) mass is 332 g/mol. The van der Waals surface area contributed by atoms with Crippen LogP contribution in [-0.2, 0) is 14.3 Å². The minimum absolute atomic E-state index is 0.0412. The molecule has 1 unspecified atom stereocenters. The van der Waals surface area contributed by atoms with E-state index in [1.165, 1.54) is 18.3 Å². The van der Waals surface area contributed by atoms with Crippen LogP contribution in [0.5, 0.6) is 0 Å². The second-order valence-electron chi connectivity index (χ2n) is 7.59. The maximum atomic E-state index is 11.9. The van der Waals surface area contributed by atoms with Crippen molar-refractivity contribution in [1.29, 1.82) is 0 Å². The Kier molecular flexibility index (Phi) is 6.45. The highest BCUT2D eigenvalue weighted by Gasteiger charge is 2.52. The molecular formula is C21H32O3. The van der Waals surface area contributed by atoms with E-state index in [9.17, 15) is 4.79 Å². The van der Waals surface area contributed by atoms with E-state index in [4.69, 9.17) is 9.47 Å². The summed E-state index contributed by atoms with van der Waals surface area (Å²) in [6.45, 7) is 10.6. The van der Waals surface area contributed by atoms with E-state index in [2.05, 4.69) is 39.5 Å². The van der Waals surface area contributed by atoms with Gasteiger partial charge in [-0.2, -0.15) is 0 Å². The van der Waals surface area contributed by atoms with Crippen LogP contribution in [0.2, 0.25) is 0 Å². The lowest BCUT2D eigenvalue weighted by molar-refractivity contribution is -0.136. The van der Waals surface area contributed by atoms with Crippen LogP contribution in [0.15, 0.2) is 35.5 Å². The zero-order valence-electron chi connectivity index (χ0n) is 15.7. The van der Waals surface area contributed by atoms with Gasteiger partial charge in [-0.15, -0.1) is 0 Å². The predicted molar refractivity (Wildman–Crippen MR) is 97.8 cm³/mol. The van der Waals surface area contributed by atoms with E-state index in [0.29, 0.717) is 5.57 Å². The topological polar surface area (TPSA) is 38.8 Å². The fourth-order valence-corrected chi connectivity index (χ4v) is 3.56. The van der Waals surface area contributed by atoms with Crippen LogP contribution in [0, 0.1) is 5.92 Å². The fraction of sp³-hybridized carbons (Fsp3) is 0.667. The molecule has 3 nitrogen and oxygen atoms in total. The van der Waals surface area contributed by atoms with E-state index in [0.717, 1.165) is 44.9 Å². The number of rotatable bonds is 2. The molecule has 3 atom stereocenters. The molecule has 2 aliphatic rings. The molecular weight excluding hydrogens is 300 g/mol. The van der Waals surface area contributed by atoms with E-state index in [-0.39, 0.29) is 23.6 Å². The average Bonchev–Trinajstić information content (AvgIpc) is 3.18. The lowest BCUT2D eigenvalue weighted by Gasteiger charge is -2.18. The van der Waals surface area contributed by atoms with Crippen molar-refractivity contribution < 1.29 is 14.3 Å². The summed E-state index contributed by atoms with van der Waals surface area (Å²) < 4.78 is 10.9. The van der Waals surface area contributed by atoms with Crippen LogP contribution >= 0.6 is 0 Å². The van der Waals surface area contributed by atoms with Gasteiger partial charge in [0, 0.05) is 5.57 Å². The molecule has 0 saturated carbocycles. The Morgan fingerprint density at radius 3 is 2.62 bits per heavy atom. The molecule has 1 aliphatic carbocycles. The number of carbonyl (C=O) groups excluding carboxylic acids is 1. The van der Waals surface area contributed by atoms with Gasteiger partial charge >= 0.3 is 5.97 Å². The third kappa shape index (κ3) is 5.07. The molecule has 134 valence electrons. The Morgan fingerprint density at radius 2 is 1.92 bits per heavy atom. The SMILES string of the molecule is C=C(C(=O)OC)C1CC/C(C)=C/CC/C(C)=C/CC[C@@]2(C)O[C@H]2C1. The highest BCUT2D eigenvalue weighted by Crippen LogP contribution is 2.45. The van der Waals surface area contributed by atoms with Gasteiger partial charge < -0.3 is 9.47 Å². The highest BCUT2D eigenvalue weighted by atomic mass is 16.6. The maximum absolute atomic E-state index is 11.9. The number of carbonyl (C=O) groups is 1. The van der Waals surface area contributed by atoms with E-state index < -0.39 is 0 Å². The molecule has 0 N–H and O–H groups in total. The smallest absolute Gasteiger partial charge is 0.333 e. The van der Waals surface area contributed by atoms with Gasteiger partial charge in [-0.1, -0.05) is 29.9 Å². The number of epoxide rings is 1. The molecule has 0 amide bonds. The summed E-state index contributed by atoms with van der Waals surface area (Å²) in [5.41, 5.74) is 3.40. The number of esters is 1. The van der Waals surface area contributed by atoms with Crippen molar-refractivity contribution in [3.8, 4) is 0 Å². The summed E-state index contributed by atoms with van der Waals surface area (Å²) in [5.74, 6) is -0.156. The number of hydrogen-bond acceptors (Lipinski definition) is 3. The Hall–Kier alpha value is -1.35. The van der Waals surface area contributed by atoms with Crippen LogP contribution in [0.4, 0.5) is 0 Å². The molecule has 1 heterocycles. The number of fused-ring (bicyclic) bond motifs is 1. The third-order valence-electron chi connectivity index (χ3n) is 5.53. The summed E-state index contributed by atoms with van der Waals surface area (Å²) >= 11 is 0. The lowest BCUT2D eigenvalue weighted by Crippen LogP contribution is -2.19. The van der Waals surface area contributed by atoms with Gasteiger partial charge in [0.25, 0.3) is 0 Å². The molecule has 0 spiro atoms. The first-order valence-corrected chi connectivity index (χ1v) is 9.12. The van der Waals surface area contributed by atoms with Gasteiger partial charge in [0.15, 0.2) is 0 Å². The first-order chi connectivity index (χ1) is 11.4. The number of hydrogen-bond donors (Lipinski definition) is 0. The Labute approximate surface area is 146 Å². The normalized spacial score (nSPS) is 36.2. The second kappa shape index (κ2) is 8.15. The molecule has 24 heavy (non-hydrogen) atoms. The van der Waals surface area contributed by atoms with Gasteiger partial charge in [0.2, 0.25) is 0 Å². The Morgan fingerprint density at radius 1 is 1.25 bits per heavy atom. The summed E-state index contributed by atoms with van der Waals surface area (Å²) in [7, 11) is 1.42. The molecule has 0 radical (unpaired) electrons. The van der Waals surface area contributed by atoms with Crippen molar-refractivity contribution in [3.63, 3.8) is 0 Å². The number of ether oxygens (including phenoxy) is 2. The minimum Gasteiger partial charge on any atom is -0.466 e. The molecule has 1 fully saturated rings. The summed E-state index contributed by atoms with van der Waals surface area (Å²) in [6.07, 6.45) is 12.0. The largest absolute Gasteiger partial charge is 0.466 e. The van der Waals surface area contributed by atoms with Crippen molar-refractivity contribution in [1.82, 2.24) is 0 Å². The third-order valence-corrected chi connectivity index (χ3v) is 5.53. The first kappa shape index (κ1) is 19.0. The van der Waals surface area contributed by atoms with Crippen molar-refractivity contribution in [2.24, 2.45) is 5.92 Å². The lowest BCUT2D eigenvalue weighted by atomic mass is 9.85. The maximum Gasteiger partial charge on any atom is 0.333 e. The van der Waals surface area contributed by atoms with Crippen molar-refractivity contribution in [3.05, 3.63) is 35.5 Å². The van der Waals surface area contributed by atoms with Crippen molar-refractivity contribution in [2.45, 2.75) is 77.4 Å². The molecule has 2 rings (SSSR count). The molecule has 3 heteroatoms. The van der Waals surface area contributed by atoms with Crippen LogP contribution in [0.1, 0.15) is 65.7 Å². The Balaban J connectivity index is 2.11. The minimum atomic E-state index is -0.288. The molecule has 0 aromatic carbocycles. The van der Waals surface area contributed by atoms with E-state index >= 15 is 0 Å². The van der Waals surface area contributed by atoms with Crippen LogP contribution in [0.25, 0.3) is 0 Å². The quantitative estimate of drug-likeness (QED) is 0.305. The number of allylic oxidation sites excluding steroid dienone is 4. The second-order valence-corrected chi connectivity index (χ2v) is 7.59. The number of methoxy groups -OCH3 is 1. The summed E-state index contributed by atoms with van der Waals surface area (Å²) in [4.78, 5) is 11.9. The van der Waals surface area contributed by atoms with Gasteiger partial charge in [-0.3, -0.25) is 0 Å². The molecule has 1 saturated heterocycles.